The number of nitro groups is 1. The highest BCUT2D eigenvalue weighted by Gasteiger charge is 2.34. The molecule has 6 heteroatoms. The van der Waals surface area contributed by atoms with E-state index in [1.54, 1.807) is 30.8 Å². The number of nitrogens with zero attached hydrogens (tertiary/aromatic N) is 3. The number of likely N-dealkylation sites (tertiary alicyclic amines) is 1. The summed E-state index contributed by atoms with van der Waals surface area (Å²) < 4.78 is -0.256. The Kier molecular flexibility index (Phi) is 4.86. The van der Waals surface area contributed by atoms with Crippen LogP contribution in [0.15, 0.2) is 18.2 Å². The van der Waals surface area contributed by atoms with Crippen molar-refractivity contribution in [2.45, 2.75) is 31.1 Å². The van der Waals surface area contributed by atoms with Gasteiger partial charge < -0.3 is 0 Å². The molecular formula is C15H19N3O2S. The third-order valence-corrected chi connectivity index (χ3v) is 5.55. The van der Waals surface area contributed by atoms with Gasteiger partial charge in [0.05, 0.1) is 11.0 Å². The van der Waals surface area contributed by atoms with Crippen LogP contribution in [0, 0.1) is 28.4 Å². The number of nitriles is 1. The van der Waals surface area contributed by atoms with Crippen LogP contribution in [0.3, 0.4) is 0 Å². The Morgan fingerprint density at radius 1 is 1.48 bits per heavy atom. The number of hydrogen-bond acceptors (Lipinski definition) is 5. The smallest absolute Gasteiger partial charge is 0.272 e. The zero-order valence-electron chi connectivity index (χ0n) is 12.3. The van der Waals surface area contributed by atoms with Gasteiger partial charge in [0.15, 0.2) is 0 Å². The molecule has 0 atom stereocenters. The molecule has 1 fully saturated rings. The van der Waals surface area contributed by atoms with Crippen molar-refractivity contribution >= 4 is 17.4 Å². The highest BCUT2D eigenvalue weighted by Crippen LogP contribution is 2.34. The van der Waals surface area contributed by atoms with Gasteiger partial charge in [-0.1, -0.05) is 12.1 Å². The summed E-state index contributed by atoms with van der Waals surface area (Å²) in [6.07, 6.45) is 3.68. The number of benzene rings is 1. The fourth-order valence-electron chi connectivity index (χ4n) is 2.71. The van der Waals surface area contributed by atoms with Crippen molar-refractivity contribution in [1.29, 1.82) is 5.26 Å². The Balaban J connectivity index is 2.06. The first-order valence-corrected chi connectivity index (χ1v) is 8.15. The summed E-state index contributed by atoms with van der Waals surface area (Å²) in [5, 5.41) is 20.3. The van der Waals surface area contributed by atoms with E-state index in [0.717, 1.165) is 37.1 Å². The summed E-state index contributed by atoms with van der Waals surface area (Å²) in [5.41, 5.74) is 1.92. The van der Waals surface area contributed by atoms with Crippen LogP contribution >= 0.6 is 11.8 Å². The van der Waals surface area contributed by atoms with Crippen LogP contribution in [-0.4, -0.2) is 33.9 Å². The first-order chi connectivity index (χ1) is 10.0. The Bertz CT molecular complexity index is 575. The molecule has 1 aliphatic rings. The second kappa shape index (κ2) is 6.46. The Morgan fingerprint density at radius 2 is 2.14 bits per heavy atom. The van der Waals surface area contributed by atoms with E-state index >= 15 is 0 Å². The van der Waals surface area contributed by atoms with Crippen molar-refractivity contribution < 1.29 is 4.92 Å². The highest BCUT2D eigenvalue weighted by atomic mass is 32.2. The molecule has 0 unspecified atom stereocenters. The van der Waals surface area contributed by atoms with E-state index in [4.69, 9.17) is 0 Å². The third kappa shape index (κ3) is 3.36. The lowest BCUT2D eigenvalue weighted by Crippen LogP contribution is -2.41. The van der Waals surface area contributed by atoms with Gasteiger partial charge >= 0.3 is 0 Å². The van der Waals surface area contributed by atoms with Gasteiger partial charge in [-0.25, -0.2) is 0 Å². The number of nitro benzene ring substituents is 1. The predicted octanol–water partition coefficient (Wildman–Crippen LogP) is 3.12. The first kappa shape index (κ1) is 15.8. The van der Waals surface area contributed by atoms with Crippen LogP contribution < -0.4 is 0 Å². The van der Waals surface area contributed by atoms with Crippen molar-refractivity contribution in [1.82, 2.24) is 4.90 Å². The van der Waals surface area contributed by atoms with Crippen LogP contribution in [0.1, 0.15) is 24.0 Å². The minimum absolute atomic E-state index is 0.181. The molecule has 0 aromatic heterocycles. The molecule has 5 nitrogen and oxygen atoms in total. The molecule has 1 aromatic rings. The number of piperidine rings is 1. The van der Waals surface area contributed by atoms with Crippen molar-refractivity contribution in [3.8, 4) is 6.07 Å². The molecule has 0 radical (unpaired) electrons. The average Bonchev–Trinajstić information content (AvgIpc) is 2.50. The van der Waals surface area contributed by atoms with E-state index in [9.17, 15) is 15.4 Å². The monoisotopic (exact) mass is 305 g/mol. The third-order valence-electron chi connectivity index (χ3n) is 4.27. The Labute approximate surface area is 129 Å². The number of hydrogen-bond donors (Lipinski definition) is 0. The molecule has 0 aliphatic carbocycles. The van der Waals surface area contributed by atoms with Crippen LogP contribution in [-0.2, 0) is 6.54 Å². The summed E-state index contributed by atoms with van der Waals surface area (Å²) in [4.78, 5) is 12.9. The van der Waals surface area contributed by atoms with E-state index in [1.807, 2.05) is 12.3 Å². The standard InChI is InChI=1S/C15H19N3O2S/c1-12-13(4-3-5-14(12)18(19)20)10-17-8-6-15(11-16,21-2)7-9-17/h3-5H,6-10H2,1-2H3. The van der Waals surface area contributed by atoms with Gasteiger partial charge in [-0.15, -0.1) is 11.8 Å². The second-order valence-corrected chi connectivity index (χ2v) is 6.59. The van der Waals surface area contributed by atoms with E-state index in [-0.39, 0.29) is 15.4 Å². The lowest BCUT2D eigenvalue weighted by atomic mass is 9.96. The van der Waals surface area contributed by atoms with Crippen molar-refractivity contribution in [3.63, 3.8) is 0 Å². The van der Waals surface area contributed by atoms with Gasteiger partial charge in [-0.2, -0.15) is 5.26 Å². The summed E-state index contributed by atoms with van der Waals surface area (Å²) in [5.74, 6) is 0. The van der Waals surface area contributed by atoms with Gasteiger partial charge in [0.2, 0.25) is 0 Å². The van der Waals surface area contributed by atoms with E-state index in [0.29, 0.717) is 6.54 Å². The zero-order valence-corrected chi connectivity index (χ0v) is 13.2. The molecule has 1 saturated heterocycles. The fourth-order valence-corrected chi connectivity index (χ4v) is 3.40. The highest BCUT2D eigenvalue weighted by molar-refractivity contribution is 8.00. The van der Waals surface area contributed by atoms with Gasteiger partial charge in [0, 0.05) is 31.3 Å². The van der Waals surface area contributed by atoms with Crippen LogP contribution in [0.25, 0.3) is 0 Å². The second-order valence-electron chi connectivity index (χ2n) is 5.40. The molecule has 1 heterocycles. The van der Waals surface area contributed by atoms with E-state index in [1.165, 1.54) is 0 Å². The van der Waals surface area contributed by atoms with Gasteiger partial charge in [-0.05, 0) is 31.6 Å². The largest absolute Gasteiger partial charge is 0.299 e. The molecule has 1 aromatic carbocycles. The Hall–Kier alpha value is -1.58. The van der Waals surface area contributed by atoms with Crippen LogP contribution in [0.2, 0.25) is 0 Å². The molecule has 0 N–H and O–H groups in total. The first-order valence-electron chi connectivity index (χ1n) is 6.93. The quantitative estimate of drug-likeness (QED) is 0.631. The average molecular weight is 305 g/mol. The maximum Gasteiger partial charge on any atom is 0.272 e. The summed E-state index contributed by atoms with van der Waals surface area (Å²) in [7, 11) is 0. The van der Waals surface area contributed by atoms with Crippen molar-refractivity contribution in [2.75, 3.05) is 19.3 Å². The lowest BCUT2D eigenvalue weighted by Gasteiger charge is -2.36. The molecule has 2 rings (SSSR count). The molecule has 0 spiro atoms. The maximum absolute atomic E-state index is 11.0. The number of rotatable bonds is 4. The molecule has 0 bridgehead atoms. The van der Waals surface area contributed by atoms with Crippen LogP contribution in [0.4, 0.5) is 5.69 Å². The van der Waals surface area contributed by atoms with Crippen molar-refractivity contribution in [2.24, 2.45) is 0 Å². The topological polar surface area (TPSA) is 70.2 Å². The predicted molar refractivity (Wildman–Crippen MR) is 84.2 cm³/mol. The molecule has 112 valence electrons. The van der Waals surface area contributed by atoms with Gasteiger partial charge in [0.1, 0.15) is 4.75 Å². The maximum atomic E-state index is 11.0. The molecule has 0 saturated carbocycles. The van der Waals surface area contributed by atoms with Crippen LogP contribution in [0.5, 0.6) is 0 Å². The van der Waals surface area contributed by atoms with Gasteiger partial charge in [0.25, 0.3) is 5.69 Å². The van der Waals surface area contributed by atoms with E-state index in [2.05, 4.69) is 11.0 Å². The molecular weight excluding hydrogens is 286 g/mol. The van der Waals surface area contributed by atoms with Crippen molar-refractivity contribution in [3.05, 3.63) is 39.4 Å². The van der Waals surface area contributed by atoms with Gasteiger partial charge in [-0.3, -0.25) is 15.0 Å². The minimum Gasteiger partial charge on any atom is -0.299 e. The summed E-state index contributed by atoms with van der Waals surface area (Å²) >= 11 is 1.63. The summed E-state index contributed by atoms with van der Waals surface area (Å²) in [6.45, 7) is 4.23. The fraction of sp³-hybridized carbons (Fsp3) is 0.533. The Morgan fingerprint density at radius 3 is 2.67 bits per heavy atom. The SMILES string of the molecule is CSC1(C#N)CCN(Cc2cccc([N+](=O)[O-])c2C)CC1. The summed E-state index contributed by atoms with van der Waals surface area (Å²) in [6, 6.07) is 7.67. The molecule has 0 amide bonds. The molecule has 21 heavy (non-hydrogen) atoms. The normalized spacial score (nSPS) is 18.1. The number of thioether (sulfide) groups is 1. The van der Waals surface area contributed by atoms with E-state index < -0.39 is 0 Å². The zero-order chi connectivity index (χ0) is 15.5. The lowest BCUT2D eigenvalue weighted by molar-refractivity contribution is -0.385. The minimum atomic E-state index is -0.330. The molecule has 1 aliphatic heterocycles.